The highest BCUT2D eigenvalue weighted by atomic mass is 16.6. The van der Waals surface area contributed by atoms with Crippen molar-refractivity contribution in [2.45, 2.75) is 37.8 Å². The van der Waals surface area contributed by atoms with Crippen LogP contribution in [0.2, 0.25) is 0 Å². The van der Waals surface area contributed by atoms with Crippen LogP contribution in [0.5, 0.6) is 0 Å². The Bertz CT molecular complexity index is 717. The highest BCUT2D eigenvalue weighted by Gasteiger charge is 2.28. The van der Waals surface area contributed by atoms with Crippen molar-refractivity contribution in [3.8, 4) is 0 Å². The lowest BCUT2D eigenvalue weighted by Crippen LogP contribution is -2.32. The summed E-state index contributed by atoms with van der Waals surface area (Å²) in [6, 6.07) is 3.66. The average Bonchev–Trinajstić information content (AvgIpc) is 2.74. The molecule has 3 rings (SSSR count). The second kappa shape index (κ2) is 4.75. The van der Waals surface area contributed by atoms with E-state index < -0.39 is 16.8 Å². The number of nitrogens with zero attached hydrogens (tertiary/aromatic N) is 2. The van der Waals surface area contributed by atoms with Crippen LogP contribution in [-0.4, -0.2) is 20.7 Å². The lowest BCUT2D eigenvalue weighted by molar-refractivity contribution is -0.384. The van der Waals surface area contributed by atoms with Crippen LogP contribution in [0.4, 0.5) is 5.69 Å². The second-order valence-corrected chi connectivity index (χ2v) is 5.07. The molecule has 0 saturated heterocycles. The number of rotatable bonds is 2. The van der Waals surface area contributed by atoms with Gasteiger partial charge < -0.3 is 9.52 Å². The first-order valence-corrected chi connectivity index (χ1v) is 6.55. The van der Waals surface area contributed by atoms with Gasteiger partial charge in [0.1, 0.15) is 0 Å². The molecule has 0 aliphatic heterocycles. The average molecular weight is 278 g/mol. The van der Waals surface area contributed by atoms with Gasteiger partial charge in [0.25, 0.3) is 5.69 Å². The van der Waals surface area contributed by atoms with Crippen molar-refractivity contribution in [1.29, 1.82) is 0 Å². The molecule has 1 fully saturated rings. The Morgan fingerprint density at radius 3 is 2.80 bits per heavy atom. The Labute approximate surface area is 113 Å². The molecular weight excluding hydrogens is 264 g/mol. The van der Waals surface area contributed by atoms with Crippen molar-refractivity contribution in [2.24, 2.45) is 0 Å². The summed E-state index contributed by atoms with van der Waals surface area (Å²) in [7, 11) is 0. The third-order valence-corrected chi connectivity index (χ3v) is 3.83. The summed E-state index contributed by atoms with van der Waals surface area (Å²) in [5.74, 6) is -0.577. The molecule has 20 heavy (non-hydrogen) atoms. The number of fused-ring (bicyclic) bond motifs is 1. The van der Waals surface area contributed by atoms with E-state index in [0.29, 0.717) is 23.9 Å². The highest BCUT2D eigenvalue weighted by Crippen LogP contribution is 2.31. The molecule has 7 heteroatoms. The van der Waals surface area contributed by atoms with Crippen LogP contribution in [0.1, 0.15) is 31.7 Å². The number of benzene rings is 1. The Hall–Kier alpha value is -2.15. The van der Waals surface area contributed by atoms with Crippen LogP contribution >= 0.6 is 0 Å². The Morgan fingerprint density at radius 2 is 2.10 bits per heavy atom. The normalized spacial score (nSPS) is 23.1. The van der Waals surface area contributed by atoms with E-state index in [9.17, 15) is 20.0 Å². The van der Waals surface area contributed by atoms with Crippen LogP contribution in [-0.2, 0) is 0 Å². The van der Waals surface area contributed by atoms with Gasteiger partial charge in [-0.25, -0.2) is 4.79 Å². The van der Waals surface area contributed by atoms with Crippen molar-refractivity contribution in [3.63, 3.8) is 0 Å². The van der Waals surface area contributed by atoms with E-state index in [0.717, 1.165) is 12.8 Å². The number of aromatic nitrogens is 1. The van der Waals surface area contributed by atoms with Crippen LogP contribution in [0.15, 0.2) is 27.4 Å². The molecule has 1 aromatic carbocycles. The number of nitro benzene ring substituents is 1. The maximum absolute atomic E-state index is 12.0. The molecule has 7 nitrogen and oxygen atoms in total. The number of aliphatic hydroxyl groups excluding tert-OH is 1. The summed E-state index contributed by atoms with van der Waals surface area (Å²) in [6.45, 7) is 0. The number of nitro groups is 1. The quantitative estimate of drug-likeness (QED) is 0.669. The molecular formula is C13H14N2O5. The zero-order chi connectivity index (χ0) is 14.3. The fourth-order valence-electron chi connectivity index (χ4n) is 2.84. The summed E-state index contributed by atoms with van der Waals surface area (Å²) in [6.07, 6.45) is 2.50. The van der Waals surface area contributed by atoms with Crippen LogP contribution in [0.3, 0.4) is 0 Å². The number of hydrogen-bond acceptors (Lipinski definition) is 5. The van der Waals surface area contributed by atoms with Gasteiger partial charge in [-0.15, -0.1) is 0 Å². The van der Waals surface area contributed by atoms with Crippen LogP contribution in [0, 0.1) is 10.1 Å². The maximum Gasteiger partial charge on any atom is 0.420 e. The molecule has 1 aliphatic carbocycles. The van der Waals surface area contributed by atoms with E-state index in [1.807, 2.05) is 0 Å². The standard InChI is InChI=1S/C13H14N2O5/c16-11-4-2-1-3-9(11)14-10-7-8(15(18)19)5-6-12(10)20-13(14)17/h5-7,9,11,16H,1-4H2/t9-,11-/m1/s1. The molecule has 0 radical (unpaired) electrons. The second-order valence-electron chi connectivity index (χ2n) is 5.07. The summed E-state index contributed by atoms with van der Waals surface area (Å²) < 4.78 is 6.46. The third-order valence-electron chi connectivity index (χ3n) is 3.83. The molecule has 1 N–H and O–H groups in total. The molecule has 1 aliphatic rings. The van der Waals surface area contributed by atoms with Gasteiger partial charge in [0.15, 0.2) is 5.58 Å². The van der Waals surface area contributed by atoms with E-state index in [2.05, 4.69) is 0 Å². The topological polar surface area (TPSA) is 98.5 Å². The summed E-state index contributed by atoms with van der Waals surface area (Å²) in [5, 5.41) is 20.9. The molecule has 0 bridgehead atoms. The first kappa shape index (κ1) is 12.9. The molecule has 106 valence electrons. The van der Waals surface area contributed by atoms with Gasteiger partial charge in [0.2, 0.25) is 0 Å². The maximum atomic E-state index is 12.0. The summed E-state index contributed by atoms with van der Waals surface area (Å²) in [5.41, 5.74) is 0.575. The molecule has 1 aromatic heterocycles. The van der Waals surface area contributed by atoms with E-state index in [-0.39, 0.29) is 11.7 Å². The zero-order valence-electron chi connectivity index (χ0n) is 10.7. The smallest absolute Gasteiger partial charge is 0.408 e. The van der Waals surface area contributed by atoms with Gasteiger partial charge in [-0.2, -0.15) is 0 Å². The summed E-state index contributed by atoms with van der Waals surface area (Å²) in [4.78, 5) is 22.3. The van der Waals surface area contributed by atoms with E-state index in [1.54, 1.807) is 0 Å². The van der Waals surface area contributed by atoms with Gasteiger partial charge in [-0.1, -0.05) is 12.8 Å². The van der Waals surface area contributed by atoms with Gasteiger partial charge in [-0.05, 0) is 18.9 Å². The fraction of sp³-hybridized carbons (Fsp3) is 0.462. The molecule has 0 unspecified atom stereocenters. The van der Waals surface area contributed by atoms with E-state index in [1.165, 1.54) is 22.8 Å². The minimum Gasteiger partial charge on any atom is -0.408 e. The first-order valence-electron chi connectivity index (χ1n) is 6.55. The van der Waals surface area contributed by atoms with Crippen LogP contribution < -0.4 is 5.76 Å². The monoisotopic (exact) mass is 278 g/mol. The van der Waals surface area contributed by atoms with Crippen LogP contribution in [0.25, 0.3) is 11.1 Å². The first-order chi connectivity index (χ1) is 9.58. The third kappa shape index (κ3) is 2.00. The van der Waals surface area contributed by atoms with Gasteiger partial charge in [0.05, 0.1) is 22.6 Å². The molecule has 2 atom stereocenters. The molecule has 2 aromatic rings. The number of hydrogen-bond donors (Lipinski definition) is 1. The van der Waals surface area contributed by atoms with E-state index >= 15 is 0 Å². The Kier molecular flexibility index (Phi) is 3.06. The lowest BCUT2D eigenvalue weighted by Gasteiger charge is -2.27. The highest BCUT2D eigenvalue weighted by molar-refractivity contribution is 5.76. The fourth-order valence-corrected chi connectivity index (χ4v) is 2.84. The SMILES string of the molecule is O=c1oc2ccc([N+](=O)[O-])cc2n1[C@@H]1CCCC[C@H]1O. The predicted octanol–water partition coefficient (Wildman–Crippen LogP) is 1.98. The number of aliphatic hydroxyl groups is 1. The minimum absolute atomic E-state index is 0.0997. The van der Waals surface area contributed by atoms with Crippen molar-refractivity contribution in [2.75, 3.05) is 0 Å². The van der Waals surface area contributed by atoms with Gasteiger partial charge in [-0.3, -0.25) is 14.7 Å². The Balaban J connectivity index is 2.18. The molecule has 0 spiro atoms. The van der Waals surface area contributed by atoms with Crippen molar-refractivity contribution < 1.29 is 14.4 Å². The predicted molar refractivity (Wildman–Crippen MR) is 70.6 cm³/mol. The molecule has 1 heterocycles. The number of oxazole rings is 1. The van der Waals surface area contributed by atoms with Crippen molar-refractivity contribution in [3.05, 3.63) is 38.9 Å². The minimum atomic E-state index is -0.624. The molecule has 0 amide bonds. The van der Waals surface area contributed by atoms with Gasteiger partial charge in [0, 0.05) is 12.1 Å². The zero-order valence-corrected chi connectivity index (χ0v) is 10.7. The van der Waals surface area contributed by atoms with Gasteiger partial charge >= 0.3 is 5.76 Å². The number of non-ortho nitro benzene ring substituents is 1. The Morgan fingerprint density at radius 1 is 1.35 bits per heavy atom. The summed E-state index contributed by atoms with van der Waals surface area (Å²) >= 11 is 0. The molecule has 1 saturated carbocycles. The largest absolute Gasteiger partial charge is 0.420 e. The van der Waals surface area contributed by atoms with E-state index in [4.69, 9.17) is 4.42 Å². The van der Waals surface area contributed by atoms with Crippen molar-refractivity contribution >= 4 is 16.8 Å². The lowest BCUT2D eigenvalue weighted by atomic mass is 9.92. The van der Waals surface area contributed by atoms with Crippen molar-refractivity contribution in [1.82, 2.24) is 4.57 Å².